The second kappa shape index (κ2) is 13.0. The average molecular weight is 529 g/mol. The molecular formula is C29H46OSn. The fourth-order valence-electron chi connectivity index (χ4n) is 5.62. The Morgan fingerprint density at radius 3 is 1.58 bits per heavy atom. The fraction of sp³-hybridized carbons (Fsp3) is 0.586. The zero-order valence-corrected chi connectivity index (χ0v) is 23.6. The van der Waals surface area contributed by atoms with Crippen LogP contribution in [0.2, 0.25) is 13.3 Å². The Hall–Kier alpha value is -0.801. The normalized spacial score (nSPS) is 15.9. The molecule has 2 aromatic carbocycles. The molecule has 0 amide bonds. The number of hydrogen-bond acceptors (Lipinski definition) is 1. The van der Waals surface area contributed by atoms with E-state index in [0.717, 1.165) is 5.56 Å². The molecule has 3 atom stereocenters. The van der Waals surface area contributed by atoms with E-state index in [1.54, 1.807) is 0 Å². The van der Waals surface area contributed by atoms with Gasteiger partial charge in [-0.25, -0.2) is 0 Å². The van der Waals surface area contributed by atoms with Crippen LogP contribution in [-0.2, 0) is 5.60 Å². The molecule has 2 heteroatoms. The standard InChI is InChI=1S/C17H19O.3C4H9.Sn/c1-14(13-15-9-5-3-6-10-15)17(2,18)16-11-7-4-8-12-16;3*1-3-4-2;/h3-14,18H,1-2H3;3*1,3-4H2,2H3;/t14-,17+;;;;/m0..../s1. The third kappa shape index (κ3) is 6.84. The molecule has 0 heterocycles. The molecule has 0 aliphatic heterocycles. The molecule has 0 saturated heterocycles. The molecular weight excluding hydrogens is 483 g/mol. The molecule has 2 rings (SSSR count). The number of benzene rings is 2. The van der Waals surface area contributed by atoms with E-state index >= 15 is 0 Å². The van der Waals surface area contributed by atoms with Crippen LogP contribution in [0.15, 0.2) is 60.7 Å². The van der Waals surface area contributed by atoms with Crippen molar-refractivity contribution in [1.82, 2.24) is 0 Å². The Labute approximate surface area is 196 Å². The minimum absolute atomic E-state index is 0.207. The third-order valence-corrected chi connectivity index (χ3v) is 25.3. The van der Waals surface area contributed by atoms with Crippen LogP contribution in [0, 0.1) is 5.92 Å². The Morgan fingerprint density at radius 1 is 0.742 bits per heavy atom. The third-order valence-electron chi connectivity index (χ3n) is 7.65. The van der Waals surface area contributed by atoms with Gasteiger partial charge in [-0.15, -0.1) is 0 Å². The van der Waals surface area contributed by atoms with E-state index in [1.807, 2.05) is 6.07 Å². The van der Waals surface area contributed by atoms with E-state index in [-0.39, 0.29) is 5.92 Å². The first-order chi connectivity index (χ1) is 14.9. The fourth-order valence-corrected chi connectivity index (χ4v) is 26.0. The molecule has 0 aliphatic carbocycles. The summed E-state index contributed by atoms with van der Waals surface area (Å²) < 4.78 is 4.91. The van der Waals surface area contributed by atoms with Crippen LogP contribution in [-0.4, -0.2) is 23.5 Å². The molecule has 0 bridgehead atoms. The molecule has 1 N–H and O–H groups in total. The van der Waals surface area contributed by atoms with E-state index in [0.29, 0.717) is 3.93 Å². The van der Waals surface area contributed by atoms with Crippen LogP contribution >= 0.6 is 0 Å². The quantitative estimate of drug-likeness (QED) is 0.243. The maximum atomic E-state index is 12.0. The summed E-state index contributed by atoms with van der Waals surface area (Å²) in [5.74, 6) is 0.207. The summed E-state index contributed by atoms with van der Waals surface area (Å²) in [5, 5.41) is 12.0. The summed E-state index contributed by atoms with van der Waals surface area (Å²) >= 11 is -2.68. The van der Waals surface area contributed by atoms with Gasteiger partial charge in [0.2, 0.25) is 0 Å². The van der Waals surface area contributed by atoms with Crippen LogP contribution in [0.3, 0.4) is 0 Å². The van der Waals surface area contributed by atoms with Gasteiger partial charge in [-0.2, -0.15) is 0 Å². The number of aliphatic hydroxyl groups is 1. The van der Waals surface area contributed by atoms with E-state index in [4.69, 9.17) is 0 Å². The maximum absolute atomic E-state index is 12.0. The van der Waals surface area contributed by atoms with Crippen molar-refractivity contribution < 1.29 is 5.11 Å². The first kappa shape index (κ1) is 26.5. The van der Waals surface area contributed by atoms with Crippen molar-refractivity contribution in [2.24, 2.45) is 5.92 Å². The van der Waals surface area contributed by atoms with Gasteiger partial charge >= 0.3 is 197 Å². The Bertz CT molecular complexity index is 703. The van der Waals surface area contributed by atoms with Gasteiger partial charge in [0, 0.05) is 0 Å². The number of unbranched alkanes of at least 4 members (excludes halogenated alkanes) is 3. The first-order valence-electron chi connectivity index (χ1n) is 12.8. The molecule has 0 unspecified atom stereocenters. The number of rotatable bonds is 14. The van der Waals surface area contributed by atoms with Crippen molar-refractivity contribution in [2.75, 3.05) is 0 Å². The van der Waals surface area contributed by atoms with Crippen LogP contribution < -0.4 is 0 Å². The van der Waals surface area contributed by atoms with Crippen LogP contribution in [0.1, 0.15) is 88.2 Å². The molecule has 172 valence electrons. The Kier molecular flexibility index (Phi) is 11.1. The molecule has 0 radical (unpaired) electrons. The van der Waals surface area contributed by atoms with Crippen molar-refractivity contribution in [3.8, 4) is 0 Å². The van der Waals surface area contributed by atoms with Crippen LogP contribution in [0.4, 0.5) is 0 Å². The molecule has 2 aromatic rings. The molecule has 0 fully saturated rings. The van der Waals surface area contributed by atoms with Gasteiger partial charge in [0.25, 0.3) is 0 Å². The van der Waals surface area contributed by atoms with Gasteiger partial charge in [-0.05, 0) is 0 Å². The number of hydrogen-bond donors (Lipinski definition) is 1. The molecule has 0 saturated carbocycles. The van der Waals surface area contributed by atoms with E-state index < -0.39 is 24.0 Å². The molecule has 0 aromatic heterocycles. The predicted molar refractivity (Wildman–Crippen MR) is 139 cm³/mol. The van der Waals surface area contributed by atoms with E-state index in [2.05, 4.69) is 89.2 Å². The van der Waals surface area contributed by atoms with Crippen molar-refractivity contribution in [3.63, 3.8) is 0 Å². The van der Waals surface area contributed by atoms with Crippen LogP contribution in [0.25, 0.3) is 0 Å². The summed E-state index contributed by atoms with van der Waals surface area (Å²) in [5.41, 5.74) is 1.73. The summed E-state index contributed by atoms with van der Waals surface area (Å²) in [4.78, 5) is 0. The molecule has 31 heavy (non-hydrogen) atoms. The van der Waals surface area contributed by atoms with E-state index in [9.17, 15) is 5.11 Å². The zero-order chi connectivity index (χ0) is 22.7. The van der Waals surface area contributed by atoms with Gasteiger partial charge < -0.3 is 0 Å². The predicted octanol–water partition coefficient (Wildman–Crippen LogP) is 8.70. The van der Waals surface area contributed by atoms with Gasteiger partial charge in [0.05, 0.1) is 0 Å². The summed E-state index contributed by atoms with van der Waals surface area (Å²) in [6, 6.07) is 21.7. The van der Waals surface area contributed by atoms with Crippen molar-refractivity contribution in [3.05, 3.63) is 71.8 Å². The zero-order valence-electron chi connectivity index (χ0n) is 20.7. The summed E-state index contributed by atoms with van der Waals surface area (Å²) in [7, 11) is 0. The monoisotopic (exact) mass is 530 g/mol. The van der Waals surface area contributed by atoms with Crippen molar-refractivity contribution in [1.29, 1.82) is 0 Å². The van der Waals surface area contributed by atoms with Gasteiger partial charge in [0.1, 0.15) is 0 Å². The SMILES string of the molecule is CCC[CH2][Sn]([CH2]CCC)([CH2]CCC)[C@@H](c1ccccc1)[C@H](C)[C@@](C)(O)c1ccccc1. The second-order valence-corrected chi connectivity index (χ2v) is 23.7. The van der Waals surface area contributed by atoms with Gasteiger partial charge in [-0.3, -0.25) is 0 Å². The summed E-state index contributed by atoms with van der Waals surface area (Å²) in [6.45, 7) is 11.4. The average Bonchev–Trinajstić information content (AvgIpc) is 2.81. The van der Waals surface area contributed by atoms with E-state index in [1.165, 1.54) is 57.4 Å². The minimum atomic E-state index is -2.68. The van der Waals surface area contributed by atoms with Crippen LogP contribution in [0.5, 0.6) is 0 Å². The second-order valence-electron chi connectivity index (χ2n) is 9.86. The van der Waals surface area contributed by atoms with Crippen molar-refractivity contribution in [2.45, 2.75) is 96.0 Å². The Morgan fingerprint density at radius 2 is 1.16 bits per heavy atom. The topological polar surface area (TPSA) is 20.2 Å². The van der Waals surface area contributed by atoms with Crippen molar-refractivity contribution >= 4 is 18.4 Å². The summed E-state index contributed by atoms with van der Waals surface area (Å²) in [6.07, 6.45) is 7.90. The first-order valence-corrected chi connectivity index (χ1v) is 20.5. The Balaban J connectivity index is 2.62. The molecule has 0 spiro atoms. The molecule has 0 aliphatic rings. The van der Waals surface area contributed by atoms with Gasteiger partial charge in [0.15, 0.2) is 0 Å². The van der Waals surface area contributed by atoms with Gasteiger partial charge in [-0.1, -0.05) is 0 Å². The molecule has 1 nitrogen and oxygen atoms in total.